The largest absolute Gasteiger partial charge is 0.396 e. The summed E-state index contributed by atoms with van der Waals surface area (Å²) in [6.45, 7) is 4.80. The molecule has 0 aliphatic rings. The van der Waals surface area contributed by atoms with Crippen molar-refractivity contribution in [2.45, 2.75) is 20.4 Å². The lowest BCUT2D eigenvalue weighted by Gasteiger charge is -2.10. The Bertz CT molecular complexity index is 503. The normalized spacial score (nSPS) is 10.2. The number of nitrogens with zero attached hydrogens (tertiary/aromatic N) is 1. The quantitative estimate of drug-likeness (QED) is 0.847. The zero-order chi connectivity index (χ0) is 12.3. The zero-order valence-corrected chi connectivity index (χ0v) is 10.2. The summed E-state index contributed by atoms with van der Waals surface area (Å²) in [6.07, 6.45) is 1.77. The molecule has 0 saturated heterocycles. The van der Waals surface area contributed by atoms with Gasteiger partial charge in [-0.15, -0.1) is 0 Å². The molecule has 88 valence electrons. The number of hydrogen-bond donors (Lipinski definition) is 2. The van der Waals surface area contributed by atoms with Gasteiger partial charge >= 0.3 is 0 Å². The number of aryl methyl sites for hydroxylation is 2. The Hall–Kier alpha value is -2.03. The average molecular weight is 227 g/mol. The molecule has 0 fully saturated rings. The van der Waals surface area contributed by atoms with Crippen LogP contribution in [0.2, 0.25) is 0 Å². The maximum absolute atomic E-state index is 5.95. The molecule has 3 N–H and O–H groups in total. The van der Waals surface area contributed by atoms with Crippen molar-refractivity contribution in [3.05, 3.63) is 53.2 Å². The Labute approximate surface area is 102 Å². The number of anilines is 2. The molecule has 0 atom stereocenters. The Morgan fingerprint density at radius 1 is 1.12 bits per heavy atom. The number of rotatable bonds is 3. The molecule has 2 aromatic rings. The van der Waals surface area contributed by atoms with Crippen LogP contribution >= 0.6 is 0 Å². The fourth-order valence-electron chi connectivity index (χ4n) is 1.60. The summed E-state index contributed by atoms with van der Waals surface area (Å²) in [5, 5.41) is 3.25. The minimum absolute atomic E-state index is 0.722. The summed E-state index contributed by atoms with van der Waals surface area (Å²) in [5.41, 5.74) is 10.2. The highest BCUT2D eigenvalue weighted by molar-refractivity contribution is 5.64. The van der Waals surface area contributed by atoms with E-state index >= 15 is 0 Å². The minimum Gasteiger partial charge on any atom is -0.396 e. The molecule has 0 amide bonds. The molecule has 0 unspecified atom stereocenters. The van der Waals surface area contributed by atoms with Crippen molar-refractivity contribution in [2.75, 3.05) is 11.1 Å². The highest BCUT2D eigenvalue weighted by atomic mass is 15.0. The van der Waals surface area contributed by atoms with Gasteiger partial charge in [0.2, 0.25) is 0 Å². The monoisotopic (exact) mass is 227 g/mol. The van der Waals surface area contributed by atoms with Crippen molar-refractivity contribution < 1.29 is 0 Å². The molecule has 0 radical (unpaired) electrons. The molecule has 17 heavy (non-hydrogen) atoms. The second-order valence-corrected chi connectivity index (χ2v) is 4.23. The van der Waals surface area contributed by atoms with Crippen LogP contribution in [0.3, 0.4) is 0 Å². The van der Waals surface area contributed by atoms with Gasteiger partial charge in [0.15, 0.2) is 0 Å². The molecule has 1 aromatic carbocycles. The van der Waals surface area contributed by atoms with Crippen molar-refractivity contribution in [3.63, 3.8) is 0 Å². The Balaban J connectivity index is 2.07. The molecule has 3 nitrogen and oxygen atoms in total. The summed E-state index contributed by atoms with van der Waals surface area (Å²) in [4.78, 5) is 4.24. The summed E-state index contributed by atoms with van der Waals surface area (Å²) in [6, 6.07) is 10.3. The van der Waals surface area contributed by atoms with Gasteiger partial charge in [-0.2, -0.15) is 0 Å². The van der Waals surface area contributed by atoms with Gasteiger partial charge in [-0.1, -0.05) is 29.8 Å². The lowest BCUT2D eigenvalue weighted by atomic mass is 10.1. The number of hydrogen-bond acceptors (Lipinski definition) is 3. The Morgan fingerprint density at radius 2 is 1.82 bits per heavy atom. The van der Waals surface area contributed by atoms with E-state index in [4.69, 9.17) is 5.73 Å². The third-order valence-corrected chi connectivity index (χ3v) is 2.79. The summed E-state index contributed by atoms with van der Waals surface area (Å²) in [7, 11) is 0. The fraction of sp³-hybridized carbons (Fsp3) is 0.214. The van der Waals surface area contributed by atoms with Crippen molar-refractivity contribution in [1.29, 1.82) is 0 Å². The Kier molecular flexibility index (Phi) is 3.28. The second kappa shape index (κ2) is 4.87. The van der Waals surface area contributed by atoms with E-state index in [1.54, 1.807) is 6.20 Å². The van der Waals surface area contributed by atoms with Crippen LogP contribution in [0.5, 0.6) is 0 Å². The highest BCUT2D eigenvalue weighted by Crippen LogP contribution is 2.19. The second-order valence-electron chi connectivity index (χ2n) is 4.23. The van der Waals surface area contributed by atoms with Crippen molar-refractivity contribution in [2.24, 2.45) is 0 Å². The van der Waals surface area contributed by atoms with Crippen LogP contribution in [0.25, 0.3) is 0 Å². The molecule has 1 heterocycles. The van der Waals surface area contributed by atoms with Gasteiger partial charge in [-0.25, -0.2) is 4.98 Å². The smallest absolute Gasteiger partial charge is 0.149 e. The van der Waals surface area contributed by atoms with E-state index in [9.17, 15) is 0 Å². The van der Waals surface area contributed by atoms with E-state index in [1.807, 2.05) is 13.0 Å². The molecule has 0 aliphatic heterocycles. The molecular formula is C14H17N3. The van der Waals surface area contributed by atoms with Crippen LogP contribution in [0.15, 0.2) is 36.5 Å². The van der Waals surface area contributed by atoms with Crippen LogP contribution < -0.4 is 11.1 Å². The number of pyridine rings is 1. The first-order valence-corrected chi connectivity index (χ1v) is 5.67. The number of benzene rings is 1. The van der Waals surface area contributed by atoms with Gasteiger partial charge in [-0.05, 0) is 31.0 Å². The molecular weight excluding hydrogens is 210 g/mol. The van der Waals surface area contributed by atoms with Crippen LogP contribution in [0.1, 0.15) is 16.7 Å². The third-order valence-electron chi connectivity index (χ3n) is 2.79. The van der Waals surface area contributed by atoms with Crippen LogP contribution in [0.4, 0.5) is 11.5 Å². The minimum atomic E-state index is 0.722. The van der Waals surface area contributed by atoms with Gasteiger partial charge in [0.1, 0.15) is 5.82 Å². The maximum Gasteiger partial charge on any atom is 0.149 e. The Morgan fingerprint density at radius 3 is 2.53 bits per heavy atom. The van der Waals surface area contributed by atoms with Crippen molar-refractivity contribution in [3.8, 4) is 0 Å². The molecule has 3 heteroatoms. The average Bonchev–Trinajstić information content (AvgIpc) is 2.33. The SMILES string of the molecule is Cc1ccc(CNc2nccc(C)c2N)cc1. The van der Waals surface area contributed by atoms with Gasteiger partial charge in [0.25, 0.3) is 0 Å². The van der Waals surface area contributed by atoms with E-state index < -0.39 is 0 Å². The van der Waals surface area contributed by atoms with Crippen molar-refractivity contribution >= 4 is 11.5 Å². The van der Waals surface area contributed by atoms with Gasteiger partial charge in [0.05, 0.1) is 5.69 Å². The van der Waals surface area contributed by atoms with Crippen molar-refractivity contribution in [1.82, 2.24) is 4.98 Å². The van der Waals surface area contributed by atoms with Gasteiger partial charge in [-0.3, -0.25) is 0 Å². The highest BCUT2D eigenvalue weighted by Gasteiger charge is 2.02. The standard InChI is InChI=1S/C14H17N3/c1-10-3-5-12(6-4-10)9-17-14-13(15)11(2)7-8-16-14/h3-8H,9,15H2,1-2H3,(H,16,17). The van der Waals surface area contributed by atoms with E-state index in [2.05, 4.69) is 41.5 Å². The fourth-order valence-corrected chi connectivity index (χ4v) is 1.60. The van der Waals surface area contributed by atoms with Crippen LogP contribution in [-0.4, -0.2) is 4.98 Å². The molecule has 2 rings (SSSR count). The number of nitrogen functional groups attached to an aromatic ring is 1. The predicted molar refractivity (Wildman–Crippen MR) is 71.9 cm³/mol. The van der Waals surface area contributed by atoms with Gasteiger partial charge < -0.3 is 11.1 Å². The number of nitrogens with one attached hydrogen (secondary N) is 1. The lowest BCUT2D eigenvalue weighted by Crippen LogP contribution is -2.05. The predicted octanol–water partition coefficient (Wildman–Crippen LogP) is 2.89. The maximum atomic E-state index is 5.95. The molecule has 1 aromatic heterocycles. The summed E-state index contributed by atoms with van der Waals surface area (Å²) < 4.78 is 0. The molecule has 0 spiro atoms. The van der Waals surface area contributed by atoms with Crippen LogP contribution in [-0.2, 0) is 6.54 Å². The van der Waals surface area contributed by atoms with Gasteiger partial charge in [0, 0.05) is 12.7 Å². The number of nitrogens with two attached hydrogens (primary N) is 1. The number of aromatic nitrogens is 1. The van der Waals surface area contributed by atoms with E-state index in [-0.39, 0.29) is 0 Å². The molecule has 0 bridgehead atoms. The molecule has 0 aliphatic carbocycles. The third kappa shape index (κ3) is 2.75. The first-order valence-electron chi connectivity index (χ1n) is 5.67. The summed E-state index contributed by atoms with van der Waals surface area (Å²) >= 11 is 0. The summed E-state index contributed by atoms with van der Waals surface area (Å²) in [5.74, 6) is 0.755. The first kappa shape index (κ1) is 11.5. The van der Waals surface area contributed by atoms with E-state index in [0.717, 1.165) is 23.6 Å². The lowest BCUT2D eigenvalue weighted by molar-refractivity contribution is 1.11. The van der Waals surface area contributed by atoms with E-state index in [1.165, 1.54) is 11.1 Å². The van der Waals surface area contributed by atoms with E-state index in [0.29, 0.717) is 0 Å². The molecule has 0 saturated carbocycles. The first-order chi connectivity index (χ1) is 8.16. The zero-order valence-electron chi connectivity index (χ0n) is 10.2. The topological polar surface area (TPSA) is 50.9 Å². The van der Waals surface area contributed by atoms with Crippen LogP contribution in [0, 0.1) is 13.8 Å².